The number of para-hydroxylation sites is 2. The summed E-state index contributed by atoms with van der Waals surface area (Å²) in [5.74, 6) is 0. The lowest BCUT2D eigenvalue weighted by Crippen LogP contribution is -1.95. The zero-order valence-electron chi connectivity index (χ0n) is 20.6. The summed E-state index contributed by atoms with van der Waals surface area (Å²) in [6.07, 6.45) is 4.02. The van der Waals surface area contributed by atoms with Crippen LogP contribution in [-0.2, 0) is 0 Å². The minimum atomic E-state index is 0.983. The molecule has 0 radical (unpaired) electrons. The van der Waals surface area contributed by atoms with Gasteiger partial charge in [-0.2, -0.15) is 0 Å². The molecule has 0 fully saturated rings. The Morgan fingerprint density at radius 1 is 0.447 bits per heavy atom. The maximum atomic E-state index is 4.53. The van der Waals surface area contributed by atoms with E-state index in [1.807, 2.05) is 18.3 Å². The first-order valence-electron chi connectivity index (χ1n) is 12.9. The summed E-state index contributed by atoms with van der Waals surface area (Å²) in [5.41, 5.74) is 8.08. The van der Waals surface area contributed by atoms with Gasteiger partial charge in [0.05, 0.1) is 22.2 Å². The third-order valence-electron chi connectivity index (χ3n) is 7.62. The summed E-state index contributed by atoms with van der Waals surface area (Å²) in [4.78, 5) is 4.53. The van der Waals surface area contributed by atoms with Crippen LogP contribution in [-0.4, -0.2) is 14.1 Å². The molecule has 0 amide bonds. The van der Waals surface area contributed by atoms with Crippen molar-refractivity contribution in [2.45, 2.75) is 0 Å². The lowest BCUT2D eigenvalue weighted by Gasteiger charge is -2.12. The van der Waals surface area contributed by atoms with Crippen LogP contribution < -0.4 is 0 Å². The average Bonchev–Trinajstić information content (AvgIpc) is 3.58. The van der Waals surface area contributed by atoms with Gasteiger partial charge in [-0.1, -0.05) is 72.8 Å². The van der Waals surface area contributed by atoms with Gasteiger partial charge in [-0.25, -0.2) is 0 Å². The van der Waals surface area contributed by atoms with Crippen LogP contribution in [0.15, 0.2) is 140 Å². The molecule has 0 aliphatic carbocycles. The van der Waals surface area contributed by atoms with Crippen molar-refractivity contribution >= 4 is 43.5 Å². The van der Waals surface area contributed by atoms with Gasteiger partial charge in [-0.3, -0.25) is 4.98 Å². The Kier molecular flexibility index (Phi) is 4.52. The zero-order valence-corrected chi connectivity index (χ0v) is 20.6. The molecule has 0 spiro atoms. The van der Waals surface area contributed by atoms with Crippen LogP contribution in [0.5, 0.6) is 0 Å². The SMILES string of the molecule is c1ccc(-n2ccc3c4ccc5c6ccccc6n(-c6ccc(-c7ccccn7)cc6)c5c4ccc32)cc1. The molecule has 5 aromatic carbocycles. The van der Waals surface area contributed by atoms with Gasteiger partial charge in [-0.15, -0.1) is 0 Å². The highest BCUT2D eigenvalue weighted by molar-refractivity contribution is 6.22. The molecule has 3 heterocycles. The second-order valence-electron chi connectivity index (χ2n) is 9.69. The lowest BCUT2D eigenvalue weighted by atomic mass is 10.0. The maximum Gasteiger partial charge on any atom is 0.0701 e. The maximum absolute atomic E-state index is 4.53. The molecule has 0 aliphatic rings. The first kappa shape index (κ1) is 21.0. The highest BCUT2D eigenvalue weighted by Gasteiger charge is 2.17. The van der Waals surface area contributed by atoms with Gasteiger partial charge in [0, 0.05) is 50.9 Å². The number of aromatic nitrogens is 3. The van der Waals surface area contributed by atoms with E-state index in [9.17, 15) is 0 Å². The number of hydrogen-bond acceptors (Lipinski definition) is 1. The molecule has 0 bridgehead atoms. The largest absolute Gasteiger partial charge is 0.317 e. The molecule has 0 N–H and O–H groups in total. The Balaban J connectivity index is 1.40. The molecule has 3 nitrogen and oxygen atoms in total. The lowest BCUT2D eigenvalue weighted by molar-refractivity contribution is 1.13. The fraction of sp³-hybridized carbons (Fsp3) is 0. The number of pyridine rings is 1. The van der Waals surface area contributed by atoms with Crippen molar-refractivity contribution < 1.29 is 0 Å². The minimum Gasteiger partial charge on any atom is -0.317 e. The normalized spacial score (nSPS) is 11.7. The number of rotatable bonds is 3. The van der Waals surface area contributed by atoms with Crippen molar-refractivity contribution in [2.24, 2.45) is 0 Å². The van der Waals surface area contributed by atoms with E-state index in [1.54, 1.807) is 0 Å². The molecule has 0 unspecified atom stereocenters. The summed E-state index contributed by atoms with van der Waals surface area (Å²) < 4.78 is 4.68. The van der Waals surface area contributed by atoms with Crippen molar-refractivity contribution in [2.75, 3.05) is 0 Å². The fourth-order valence-electron chi connectivity index (χ4n) is 5.89. The quantitative estimate of drug-likeness (QED) is 0.245. The van der Waals surface area contributed by atoms with Crippen molar-refractivity contribution in [1.82, 2.24) is 14.1 Å². The molecule has 8 aromatic rings. The number of hydrogen-bond donors (Lipinski definition) is 0. The van der Waals surface area contributed by atoms with E-state index in [4.69, 9.17) is 0 Å². The number of nitrogens with zero attached hydrogens (tertiary/aromatic N) is 3. The Bertz CT molecular complexity index is 2100. The van der Waals surface area contributed by atoms with E-state index in [0.29, 0.717) is 0 Å². The monoisotopic (exact) mass is 485 g/mol. The number of fused-ring (bicyclic) bond motifs is 7. The predicted molar refractivity (Wildman–Crippen MR) is 158 cm³/mol. The van der Waals surface area contributed by atoms with Gasteiger partial charge in [-0.05, 0) is 60.0 Å². The van der Waals surface area contributed by atoms with E-state index in [2.05, 4.69) is 136 Å². The van der Waals surface area contributed by atoms with Crippen LogP contribution in [0.4, 0.5) is 0 Å². The van der Waals surface area contributed by atoms with Crippen LogP contribution in [0.3, 0.4) is 0 Å². The van der Waals surface area contributed by atoms with Gasteiger partial charge in [0.2, 0.25) is 0 Å². The molecule has 0 saturated carbocycles. The predicted octanol–water partition coefficient (Wildman–Crippen LogP) is 8.94. The van der Waals surface area contributed by atoms with Crippen molar-refractivity contribution in [3.63, 3.8) is 0 Å². The second kappa shape index (κ2) is 8.19. The Morgan fingerprint density at radius 3 is 2.00 bits per heavy atom. The summed E-state index contributed by atoms with van der Waals surface area (Å²) in [6.45, 7) is 0. The molecule has 178 valence electrons. The van der Waals surface area contributed by atoms with Crippen LogP contribution in [0, 0.1) is 0 Å². The standard InChI is InChI=1S/C35H23N3/c1-2-8-25(9-3-1)37-23-21-29-27-17-18-31-28-10-4-5-12-34(28)38(35(31)30(27)19-20-33(29)37)26-15-13-24(14-16-26)32-11-6-7-22-36-32/h1-23H. The van der Waals surface area contributed by atoms with E-state index >= 15 is 0 Å². The first-order chi connectivity index (χ1) is 18.9. The average molecular weight is 486 g/mol. The summed E-state index contributed by atoms with van der Waals surface area (Å²) in [5, 5.41) is 6.31. The topological polar surface area (TPSA) is 22.8 Å². The Labute approximate surface area is 219 Å². The minimum absolute atomic E-state index is 0.983. The van der Waals surface area contributed by atoms with Gasteiger partial charge < -0.3 is 9.13 Å². The smallest absolute Gasteiger partial charge is 0.0701 e. The summed E-state index contributed by atoms with van der Waals surface area (Å²) >= 11 is 0. The first-order valence-corrected chi connectivity index (χ1v) is 12.9. The van der Waals surface area contributed by atoms with Crippen LogP contribution >= 0.6 is 0 Å². The van der Waals surface area contributed by atoms with Gasteiger partial charge in [0.25, 0.3) is 0 Å². The molecular formula is C35H23N3. The molecule has 8 rings (SSSR count). The van der Waals surface area contributed by atoms with E-state index in [1.165, 1.54) is 49.2 Å². The van der Waals surface area contributed by atoms with Gasteiger partial charge >= 0.3 is 0 Å². The molecular weight excluding hydrogens is 462 g/mol. The zero-order chi connectivity index (χ0) is 25.1. The second-order valence-corrected chi connectivity index (χ2v) is 9.69. The summed E-state index contributed by atoms with van der Waals surface area (Å²) in [7, 11) is 0. The molecule has 0 saturated heterocycles. The van der Waals surface area contributed by atoms with Gasteiger partial charge in [0.15, 0.2) is 0 Å². The van der Waals surface area contributed by atoms with Crippen molar-refractivity contribution in [1.29, 1.82) is 0 Å². The van der Waals surface area contributed by atoms with Crippen LogP contribution in [0.25, 0.3) is 66.1 Å². The van der Waals surface area contributed by atoms with Crippen molar-refractivity contribution in [3.8, 4) is 22.6 Å². The molecule has 0 aliphatic heterocycles. The Hall–Kier alpha value is -5.15. The van der Waals surface area contributed by atoms with Crippen LogP contribution in [0.1, 0.15) is 0 Å². The highest BCUT2D eigenvalue weighted by atomic mass is 15.0. The molecule has 38 heavy (non-hydrogen) atoms. The third kappa shape index (κ3) is 3.06. The van der Waals surface area contributed by atoms with E-state index < -0.39 is 0 Å². The molecule has 3 aromatic heterocycles. The number of benzene rings is 5. The molecule has 0 atom stereocenters. The highest BCUT2D eigenvalue weighted by Crippen LogP contribution is 2.39. The van der Waals surface area contributed by atoms with Gasteiger partial charge in [0.1, 0.15) is 0 Å². The van der Waals surface area contributed by atoms with E-state index in [-0.39, 0.29) is 0 Å². The Morgan fingerprint density at radius 2 is 1.16 bits per heavy atom. The summed E-state index contributed by atoms with van der Waals surface area (Å²) in [6, 6.07) is 45.4. The molecule has 3 heteroatoms. The fourth-order valence-corrected chi connectivity index (χ4v) is 5.89. The van der Waals surface area contributed by atoms with Crippen LogP contribution in [0.2, 0.25) is 0 Å². The van der Waals surface area contributed by atoms with E-state index in [0.717, 1.165) is 16.9 Å². The van der Waals surface area contributed by atoms with Crippen molar-refractivity contribution in [3.05, 3.63) is 140 Å². The third-order valence-corrected chi connectivity index (χ3v) is 7.62.